The van der Waals surface area contributed by atoms with Crippen LogP contribution in [0.2, 0.25) is 0 Å². The van der Waals surface area contributed by atoms with Crippen LogP contribution in [0.1, 0.15) is 17.7 Å². The first-order valence-corrected chi connectivity index (χ1v) is 9.71. The summed E-state index contributed by atoms with van der Waals surface area (Å²) in [6.45, 7) is 6.57. The number of benzene rings is 1. The first-order chi connectivity index (χ1) is 13.7. The van der Waals surface area contributed by atoms with Crippen molar-refractivity contribution in [2.75, 3.05) is 40.0 Å². The van der Waals surface area contributed by atoms with Crippen LogP contribution in [0.25, 0.3) is 16.9 Å². The van der Waals surface area contributed by atoms with Crippen molar-refractivity contribution in [3.05, 3.63) is 51.9 Å². The summed E-state index contributed by atoms with van der Waals surface area (Å²) in [7, 11) is 1.65. The molecule has 0 aliphatic carbocycles. The van der Waals surface area contributed by atoms with E-state index >= 15 is 0 Å². The van der Waals surface area contributed by atoms with Gasteiger partial charge >= 0.3 is 0 Å². The lowest BCUT2D eigenvalue weighted by Crippen LogP contribution is -2.37. The zero-order valence-electron chi connectivity index (χ0n) is 16.4. The van der Waals surface area contributed by atoms with Gasteiger partial charge in [0.15, 0.2) is 5.65 Å². The van der Waals surface area contributed by atoms with E-state index in [1.807, 2.05) is 31.2 Å². The minimum Gasteiger partial charge on any atom is -0.497 e. The van der Waals surface area contributed by atoms with Gasteiger partial charge in [-0.15, -0.1) is 0 Å². The summed E-state index contributed by atoms with van der Waals surface area (Å²) in [4.78, 5) is 19.8. The molecular weight excluding hydrogens is 356 g/mol. The van der Waals surface area contributed by atoms with Crippen molar-refractivity contribution >= 4 is 5.65 Å². The topological polar surface area (TPSA) is 71.9 Å². The van der Waals surface area contributed by atoms with Crippen LogP contribution >= 0.6 is 0 Å². The summed E-state index contributed by atoms with van der Waals surface area (Å²) >= 11 is 0. The molecule has 7 nitrogen and oxygen atoms in total. The molecule has 28 heavy (non-hydrogen) atoms. The van der Waals surface area contributed by atoms with E-state index in [0.29, 0.717) is 5.65 Å². The maximum Gasteiger partial charge on any atom is 0.272 e. The van der Waals surface area contributed by atoms with Gasteiger partial charge in [0.25, 0.3) is 5.56 Å². The highest BCUT2D eigenvalue weighted by atomic mass is 16.5. The SMILES string of the molecule is COc1cccc(-c2[nH]n3c(=O)cc(CCCN4CCOCC4)nc3c2C)c1. The Morgan fingerprint density at radius 1 is 1.25 bits per heavy atom. The summed E-state index contributed by atoms with van der Waals surface area (Å²) in [5.41, 5.74) is 4.26. The first-order valence-electron chi connectivity index (χ1n) is 9.71. The summed E-state index contributed by atoms with van der Waals surface area (Å²) in [5, 5.41) is 3.20. The van der Waals surface area contributed by atoms with Gasteiger partial charge in [-0.3, -0.25) is 14.8 Å². The molecule has 0 unspecified atom stereocenters. The number of fused-ring (bicyclic) bond motifs is 1. The van der Waals surface area contributed by atoms with Crippen LogP contribution in [0, 0.1) is 6.92 Å². The molecule has 0 radical (unpaired) electrons. The van der Waals surface area contributed by atoms with Crippen molar-refractivity contribution in [2.45, 2.75) is 19.8 Å². The lowest BCUT2D eigenvalue weighted by Gasteiger charge is -2.26. The Kier molecular flexibility index (Phi) is 5.45. The summed E-state index contributed by atoms with van der Waals surface area (Å²) in [5.74, 6) is 0.777. The normalized spacial score (nSPS) is 15.2. The number of rotatable bonds is 6. The van der Waals surface area contributed by atoms with E-state index in [4.69, 9.17) is 14.5 Å². The standard InChI is InChI=1S/C21H26N4O3/c1-15-20(16-5-3-7-18(13-16)27-2)23-25-19(26)14-17(22-21(15)25)6-4-8-24-9-11-28-12-10-24/h3,5,7,13-14,23H,4,6,8-12H2,1-2H3. The maximum absolute atomic E-state index is 12.6. The second-order valence-corrected chi connectivity index (χ2v) is 7.15. The monoisotopic (exact) mass is 382 g/mol. The Morgan fingerprint density at radius 2 is 2.07 bits per heavy atom. The average molecular weight is 382 g/mol. The largest absolute Gasteiger partial charge is 0.497 e. The third-order valence-corrected chi connectivity index (χ3v) is 5.28. The molecule has 0 spiro atoms. The van der Waals surface area contributed by atoms with E-state index in [9.17, 15) is 4.79 Å². The smallest absolute Gasteiger partial charge is 0.272 e. The molecule has 0 atom stereocenters. The van der Waals surface area contributed by atoms with Crippen molar-refractivity contribution in [1.29, 1.82) is 0 Å². The second kappa shape index (κ2) is 8.16. The molecule has 1 saturated heterocycles. The van der Waals surface area contributed by atoms with Crippen molar-refractivity contribution in [3.63, 3.8) is 0 Å². The van der Waals surface area contributed by atoms with Gasteiger partial charge in [-0.2, -0.15) is 0 Å². The Morgan fingerprint density at radius 3 is 2.86 bits per heavy atom. The van der Waals surface area contributed by atoms with Gasteiger partial charge in [0.2, 0.25) is 0 Å². The Labute approximate surface area is 163 Å². The lowest BCUT2D eigenvalue weighted by atomic mass is 10.1. The minimum absolute atomic E-state index is 0.0800. The molecule has 0 saturated carbocycles. The first kappa shape index (κ1) is 18.7. The number of aromatic amines is 1. The van der Waals surface area contributed by atoms with Gasteiger partial charge in [0.1, 0.15) is 5.75 Å². The molecule has 3 aromatic rings. The van der Waals surface area contributed by atoms with Gasteiger partial charge in [-0.05, 0) is 38.4 Å². The molecule has 7 heteroatoms. The number of aromatic nitrogens is 3. The van der Waals surface area contributed by atoms with Crippen molar-refractivity contribution in [1.82, 2.24) is 19.5 Å². The number of H-pyrrole nitrogens is 1. The lowest BCUT2D eigenvalue weighted by molar-refractivity contribution is 0.0374. The van der Waals surface area contributed by atoms with Crippen molar-refractivity contribution < 1.29 is 9.47 Å². The van der Waals surface area contributed by atoms with E-state index in [1.165, 1.54) is 4.52 Å². The van der Waals surface area contributed by atoms with Crippen LogP contribution in [-0.2, 0) is 11.2 Å². The number of hydrogen-bond acceptors (Lipinski definition) is 5. The fourth-order valence-corrected chi connectivity index (χ4v) is 3.69. The van der Waals surface area contributed by atoms with Crippen LogP contribution in [-0.4, -0.2) is 59.5 Å². The molecule has 1 aliphatic rings. The molecule has 148 valence electrons. The number of hydrogen-bond donors (Lipinski definition) is 1. The zero-order valence-corrected chi connectivity index (χ0v) is 16.4. The number of nitrogens with one attached hydrogen (secondary N) is 1. The van der Waals surface area contributed by atoms with Crippen LogP contribution in [0.3, 0.4) is 0 Å². The second-order valence-electron chi connectivity index (χ2n) is 7.15. The van der Waals surface area contributed by atoms with E-state index < -0.39 is 0 Å². The molecular formula is C21H26N4O3. The fourth-order valence-electron chi connectivity index (χ4n) is 3.69. The number of aryl methyl sites for hydroxylation is 2. The number of ether oxygens (including phenoxy) is 2. The highest BCUT2D eigenvalue weighted by Crippen LogP contribution is 2.27. The molecule has 0 bridgehead atoms. The van der Waals surface area contributed by atoms with Crippen LogP contribution in [0.5, 0.6) is 5.75 Å². The number of nitrogens with zero attached hydrogens (tertiary/aromatic N) is 3. The fraction of sp³-hybridized carbons (Fsp3) is 0.429. The quantitative estimate of drug-likeness (QED) is 0.708. The third kappa shape index (κ3) is 3.81. The van der Waals surface area contributed by atoms with E-state index in [-0.39, 0.29) is 5.56 Å². The predicted molar refractivity (Wildman–Crippen MR) is 108 cm³/mol. The molecule has 0 amide bonds. The number of methoxy groups -OCH3 is 1. The van der Waals surface area contributed by atoms with Gasteiger partial charge < -0.3 is 9.47 Å². The highest BCUT2D eigenvalue weighted by Gasteiger charge is 2.15. The van der Waals surface area contributed by atoms with Crippen molar-refractivity contribution in [2.24, 2.45) is 0 Å². The Hall–Kier alpha value is -2.64. The van der Waals surface area contributed by atoms with Gasteiger partial charge in [-0.25, -0.2) is 9.50 Å². The van der Waals surface area contributed by atoms with Crippen LogP contribution in [0.4, 0.5) is 0 Å². The third-order valence-electron chi connectivity index (χ3n) is 5.28. The molecule has 1 aliphatic heterocycles. The van der Waals surface area contributed by atoms with E-state index in [2.05, 4.69) is 10.00 Å². The zero-order chi connectivity index (χ0) is 19.5. The van der Waals surface area contributed by atoms with Gasteiger partial charge in [-0.1, -0.05) is 12.1 Å². The summed E-state index contributed by atoms with van der Waals surface area (Å²) in [6.07, 6.45) is 1.77. The van der Waals surface area contributed by atoms with Crippen LogP contribution in [0.15, 0.2) is 35.1 Å². The maximum atomic E-state index is 12.6. The molecule has 2 aromatic heterocycles. The van der Waals surface area contributed by atoms with E-state index in [1.54, 1.807) is 13.2 Å². The predicted octanol–water partition coefficient (Wildman–Crippen LogP) is 2.27. The molecule has 4 rings (SSSR count). The van der Waals surface area contributed by atoms with E-state index in [0.717, 1.165) is 74.0 Å². The average Bonchev–Trinajstić information content (AvgIpc) is 3.06. The minimum atomic E-state index is -0.0800. The molecule has 1 N–H and O–H groups in total. The number of morpholine rings is 1. The molecule has 1 aromatic carbocycles. The molecule has 3 heterocycles. The Balaban J connectivity index is 1.57. The van der Waals surface area contributed by atoms with Crippen LogP contribution < -0.4 is 10.3 Å². The molecule has 1 fully saturated rings. The van der Waals surface area contributed by atoms with Crippen molar-refractivity contribution in [3.8, 4) is 17.0 Å². The summed E-state index contributed by atoms with van der Waals surface area (Å²) < 4.78 is 12.2. The Bertz CT molecular complexity index is 1020. The van der Waals surface area contributed by atoms with Gasteiger partial charge in [0.05, 0.1) is 26.0 Å². The summed E-state index contributed by atoms with van der Waals surface area (Å²) in [6, 6.07) is 9.42. The van der Waals surface area contributed by atoms with Gasteiger partial charge in [0, 0.05) is 36.0 Å². The highest BCUT2D eigenvalue weighted by molar-refractivity contribution is 5.71.